The van der Waals surface area contributed by atoms with Gasteiger partial charge in [0.25, 0.3) is 0 Å². The second-order valence-electron chi connectivity index (χ2n) is 5.92. The molecule has 0 aromatic heterocycles. The summed E-state index contributed by atoms with van der Waals surface area (Å²) in [4.78, 5) is 0. The maximum Gasteiger partial charge on any atom is 2.00 e. The molecule has 0 saturated heterocycles. The molecule has 2 nitrogen and oxygen atoms in total. The van der Waals surface area contributed by atoms with Crippen LogP contribution in [-0.2, 0) is 17.1 Å². The maximum atomic E-state index is 12.6. The van der Waals surface area contributed by atoms with Crippen LogP contribution < -0.4 is 9.76 Å². The molecule has 1 aliphatic carbocycles. The Morgan fingerprint density at radius 2 is 1.66 bits per heavy atom. The molecule has 0 atom stereocenters. The summed E-state index contributed by atoms with van der Waals surface area (Å²) in [5.74, 6) is -0.491. The number of allylic oxidation sites excluding steroid dienone is 7. The molecule has 0 radical (unpaired) electrons. The van der Waals surface area contributed by atoms with Gasteiger partial charge in [0.2, 0.25) is 0 Å². The third-order valence-corrected chi connectivity index (χ3v) is 4.02. The third-order valence-electron chi connectivity index (χ3n) is 4.02. The van der Waals surface area contributed by atoms with Crippen LogP contribution in [-0.4, -0.2) is 7.47 Å². The Morgan fingerprint density at radius 3 is 2.28 bits per heavy atom. The fourth-order valence-electron chi connectivity index (χ4n) is 2.78. The van der Waals surface area contributed by atoms with E-state index in [9.17, 15) is 13.7 Å². The van der Waals surface area contributed by atoms with Crippen molar-refractivity contribution >= 4 is 24.0 Å². The average Bonchev–Trinajstić information content (AvgIpc) is 3.42. The SMILES string of the molecule is [Fe+2].[O-]C(=CC=C1C=CC=C1)c1c(OB(F)F)ccc2ccccc12.c1cc[cH-]c1. The first-order valence-electron chi connectivity index (χ1n) is 8.72. The quantitative estimate of drug-likeness (QED) is 0.320. The molecule has 3 aromatic carbocycles. The van der Waals surface area contributed by atoms with Crippen LogP contribution >= 0.6 is 0 Å². The Bertz CT molecular complexity index is 1010. The molecule has 6 heteroatoms. The predicted molar refractivity (Wildman–Crippen MR) is 109 cm³/mol. The average molecular weight is 430 g/mol. The summed E-state index contributed by atoms with van der Waals surface area (Å²) in [6, 6.07) is 20.2. The van der Waals surface area contributed by atoms with E-state index in [-0.39, 0.29) is 34.1 Å². The topological polar surface area (TPSA) is 32.3 Å². The van der Waals surface area contributed by atoms with Crippen LogP contribution in [0, 0.1) is 0 Å². The molecule has 1 aliphatic rings. The summed E-state index contributed by atoms with van der Waals surface area (Å²) >= 11 is 0. The monoisotopic (exact) mass is 430 g/mol. The van der Waals surface area contributed by atoms with Gasteiger partial charge in [-0.15, -0.1) is 0 Å². The van der Waals surface area contributed by atoms with Crippen molar-refractivity contribution in [3.63, 3.8) is 0 Å². The van der Waals surface area contributed by atoms with Gasteiger partial charge in [-0.25, -0.2) is 20.8 Å². The van der Waals surface area contributed by atoms with Gasteiger partial charge in [-0.05, 0) is 22.4 Å². The van der Waals surface area contributed by atoms with Crippen molar-refractivity contribution in [1.29, 1.82) is 0 Å². The van der Waals surface area contributed by atoms with Gasteiger partial charge in [0.05, 0.1) is 0 Å². The van der Waals surface area contributed by atoms with E-state index in [1.54, 1.807) is 24.3 Å². The molecule has 0 amide bonds. The summed E-state index contributed by atoms with van der Waals surface area (Å²) < 4.78 is 29.8. The van der Waals surface area contributed by atoms with Crippen LogP contribution in [0.5, 0.6) is 5.75 Å². The normalized spacial score (nSPS) is 12.2. The Hall–Kier alpha value is -2.95. The Morgan fingerprint density at radius 1 is 0.966 bits per heavy atom. The molecule has 0 fully saturated rings. The zero-order chi connectivity index (χ0) is 19.8. The van der Waals surface area contributed by atoms with Gasteiger partial charge in [-0.2, -0.15) is 18.2 Å². The number of benzene rings is 2. The first-order chi connectivity index (χ1) is 13.6. The molecule has 3 aromatic rings. The molecule has 0 unspecified atom stereocenters. The van der Waals surface area contributed by atoms with Crippen molar-refractivity contribution in [3.8, 4) is 5.75 Å². The summed E-state index contributed by atoms with van der Waals surface area (Å²) in [7, 11) is -2.98. The minimum Gasteiger partial charge on any atom is -0.872 e. The molecule has 0 aliphatic heterocycles. The van der Waals surface area contributed by atoms with Crippen LogP contribution in [0.15, 0.2) is 109 Å². The van der Waals surface area contributed by atoms with Crippen LogP contribution in [0.25, 0.3) is 16.5 Å². The van der Waals surface area contributed by atoms with E-state index in [0.717, 1.165) is 11.0 Å². The molecule has 0 bridgehead atoms. The Balaban J connectivity index is 0.000000437. The van der Waals surface area contributed by atoms with Crippen molar-refractivity contribution in [2.75, 3.05) is 0 Å². The summed E-state index contributed by atoms with van der Waals surface area (Å²) in [6.45, 7) is 0. The van der Waals surface area contributed by atoms with Crippen molar-refractivity contribution < 1.29 is 35.5 Å². The van der Waals surface area contributed by atoms with Crippen molar-refractivity contribution in [3.05, 3.63) is 114 Å². The minimum atomic E-state index is -2.98. The Labute approximate surface area is 179 Å². The summed E-state index contributed by atoms with van der Waals surface area (Å²) in [5.41, 5.74) is 1.01. The van der Waals surface area contributed by atoms with E-state index in [1.807, 2.05) is 66.8 Å². The van der Waals surface area contributed by atoms with Crippen molar-refractivity contribution in [2.45, 2.75) is 0 Å². The predicted octanol–water partition coefficient (Wildman–Crippen LogP) is 5.30. The van der Waals surface area contributed by atoms with Crippen molar-refractivity contribution in [1.82, 2.24) is 0 Å². The van der Waals surface area contributed by atoms with Crippen LogP contribution in [0.3, 0.4) is 0 Å². The number of halogens is 2. The summed E-state index contributed by atoms with van der Waals surface area (Å²) in [6.07, 6.45) is 10.4. The van der Waals surface area contributed by atoms with E-state index < -0.39 is 7.47 Å². The number of hydrogen-bond acceptors (Lipinski definition) is 2. The zero-order valence-corrected chi connectivity index (χ0v) is 16.4. The summed E-state index contributed by atoms with van der Waals surface area (Å²) in [5, 5.41) is 13.9. The van der Waals surface area contributed by atoms with Crippen LogP contribution in [0.4, 0.5) is 8.63 Å². The van der Waals surface area contributed by atoms with E-state index in [0.29, 0.717) is 5.39 Å². The standard InChI is InChI=1S/C18H13BF2O2.C5H5.Fe/c20-19(21)23-17-12-10-14-7-3-4-8-15(14)18(17)16(22)11-9-13-5-1-2-6-13;1-2-4-5-3-1;/h1-12,22H;1-5H;/q;-1;+2/p-1. The molecule has 4 rings (SSSR count). The van der Waals surface area contributed by atoms with E-state index >= 15 is 0 Å². The second-order valence-corrected chi connectivity index (χ2v) is 5.92. The number of rotatable bonds is 4. The molecular weight excluding hydrogens is 413 g/mol. The van der Waals surface area contributed by atoms with Gasteiger partial charge in [-0.1, -0.05) is 72.5 Å². The van der Waals surface area contributed by atoms with Crippen LogP contribution in [0.2, 0.25) is 0 Å². The molecular formula is C23H17BF2FeO2. The molecule has 0 spiro atoms. The largest absolute Gasteiger partial charge is 2.00 e. The first-order valence-corrected chi connectivity index (χ1v) is 8.72. The van der Waals surface area contributed by atoms with E-state index in [1.165, 1.54) is 12.1 Å². The molecule has 0 heterocycles. The fraction of sp³-hybridized carbons (Fsp3) is 0. The Kier molecular flexibility index (Phi) is 8.59. The molecule has 0 saturated carbocycles. The smallest absolute Gasteiger partial charge is 0.872 e. The minimum absolute atomic E-state index is 0. The van der Waals surface area contributed by atoms with Gasteiger partial charge in [0.1, 0.15) is 5.75 Å². The second kappa shape index (κ2) is 11.2. The van der Waals surface area contributed by atoms with Gasteiger partial charge in [0, 0.05) is 5.56 Å². The van der Waals surface area contributed by atoms with Gasteiger partial charge in [0.15, 0.2) is 0 Å². The van der Waals surface area contributed by atoms with Gasteiger partial charge >= 0.3 is 24.5 Å². The maximum absolute atomic E-state index is 12.6. The van der Waals surface area contributed by atoms with Gasteiger partial charge < -0.3 is 9.76 Å². The zero-order valence-electron chi connectivity index (χ0n) is 15.3. The fourth-order valence-corrected chi connectivity index (χ4v) is 2.78. The molecule has 29 heavy (non-hydrogen) atoms. The van der Waals surface area contributed by atoms with Gasteiger partial charge in [-0.3, -0.25) is 0 Å². The van der Waals surface area contributed by atoms with Crippen LogP contribution in [0.1, 0.15) is 5.56 Å². The van der Waals surface area contributed by atoms with E-state index in [2.05, 4.69) is 4.65 Å². The number of hydrogen-bond donors (Lipinski definition) is 0. The molecule has 0 N–H and O–H groups in total. The number of fused-ring (bicyclic) bond motifs is 1. The van der Waals surface area contributed by atoms with E-state index in [4.69, 9.17) is 0 Å². The molecule has 146 valence electrons. The first kappa shape index (κ1) is 22.3. The third kappa shape index (κ3) is 6.28. The van der Waals surface area contributed by atoms with Crippen molar-refractivity contribution in [2.24, 2.45) is 0 Å².